The average Bonchev–Trinajstić information content (AvgIpc) is 2.64. The van der Waals surface area contributed by atoms with Crippen molar-refractivity contribution >= 4 is 11.7 Å². The molecule has 1 atom stereocenters. The van der Waals surface area contributed by atoms with Crippen molar-refractivity contribution in [1.82, 2.24) is 15.3 Å². The molecular weight excluding hydrogens is 328 g/mol. The first-order valence-electron chi connectivity index (χ1n) is 8.93. The Hall–Kier alpha value is -2.51. The maximum atomic E-state index is 11.9. The van der Waals surface area contributed by atoms with E-state index in [0.29, 0.717) is 25.3 Å². The van der Waals surface area contributed by atoms with Gasteiger partial charge in [0.2, 0.25) is 5.91 Å². The van der Waals surface area contributed by atoms with Crippen molar-refractivity contribution in [2.45, 2.75) is 38.6 Å². The first kappa shape index (κ1) is 19.8. The van der Waals surface area contributed by atoms with Gasteiger partial charge in [0.1, 0.15) is 5.82 Å². The van der Waals surface area contributed by atoms with E-state index in [0.717, 1.165) is 41.8 Å². The molecule has 0 spiro atoms. The second-order valence-electron chi connectivity index (χ2n) is 6.35. The van der Waals surface area contributed by atoms with Gasteiger partial charge in [-0.3, -0.25) is 4.79 Å². The highest BCUT2D eigenvalue weighted by atomic mass is 16.2. The van der Waals surface area contributed by atoms with E-state index in [1.165, 1.54) is 0 Å². The fourth-order valence-electron chi connectivity index (χ4n) is 2.57. The van der Waals surface area contributed by atoms with Crippen molar-refractivity contribution in [1.29, 1.82) is 0 Å². The summed E-state index contributed by atoms with van der Waals surface area (Å²) in [6, 6.07) is 7.58. The largest absolute Gasteiger partial charge is 0.382 e. The Morgan fingerprint density at radius 2 is 1.96 bits per heavy atom. The summed E-state index contributed by atoms with van der Waals surface area (Å²) in [5, 5.41) is 2.89. The van der Waals surface area contributed by atoms with Crippen molar-refractivity contribution in [2.24, 2.45) is 11.5 Å². The van der Waals surface area contributed by atoms with Crippen molar-refractivity contribution < 1.29 is 4.79 Å². The van der Waals surface area contributed by atoms with Crippen molar-refractivity contribution in [3.8, 4) is 11.3 Å². The fourth-order valence-corrected chi connectivity index (χ4v) is 2.57. The molecule has 0 aliphatic carbocycles. The Kier molecular flexibility index (Phi) is 7.50. The van der Waals surface area contributed by atoms with Crippen LogP contribution in [0.3, 0.4) is 0 Å². The molecule has 140 valence electrons. The maximum Gasteiger partial charge on any atom is 0.236 e. The van der Waals surface area contributed by atoms with Gasteiger partial charge in [-0.25, -0.2) is 9.97 Å². The van der Waals surface area contributed by atoms with Gasteiger partial charge in [0.05, 0.1) is 23.6 Å². The van der Waals surface area contributed by atoms with Gasteiger partial charge in [0.25, 0.3) is 0 Å². The molecule has 2 aromatic rings. The molecule has 7 nitrogen and oxygen atoms in total. The number of hydrogen-bond donors (Lipinski definition) is 4. The molecule has 0 fully saturated rings. The summed E-state index contributed by atoms with van der Waals surface area (Å²) in [6.07, 6.45) is 4.85. The lowest BCUT2D eigenvalue weighted by Gasteiger charge is -2.12. The Morgan fingerprint density at radius 3 is 2.62 bits per heavy atom. The summed E-state index contributed by atoms with van der Waals surface area (Å²) in [5.74, 6) is 0.341. The van der Waals surface area contributed by atoms with Crippen LogP contribution in [0.25, 0.3) is 11.3 Å². The maximum absolute atomic E-state index is 11.9. The molecule has 0 aliphatic heterocycles. The van der Waals surface area contributed by atoms with Gasteiger partial charge in [-0.05, 0) is 38.3 Å². The summed E-state index contributed by atoms with van der Waals surface area (Å²) in [7, 11) is 0. The lowest BCUT2D eigenvalue weighted by atomic mass is 10.1. The molecule has 7 N–H and O–H groups in total. The number of anilines is 1. The number of hydrogen-bond acceptors (Lipinski definition) is 6. The molecule has 1 heterocycles. The minimum absolute atomic E-state index is 0.105. The van der Waals surface area contributed by atoms with Gasteiger partial charge in [0, 0.05) is 12.1 Å². The SMILES string of the molecule is Cc1nc(-c2ccc(CCNC(=O)C(N)CCCCN)cc2)cnc1N. The van der Waals surface area contributed by atoms with E-state index in [4.69, 9.17) is 17.2 Å². The third kappa shape index (κ3) is 5.79. The van der Waals surface area contributed by atoms with E-state index in [2.05, 4.69) is 15.3 Å². The van der Waals surface area contributed by atoms with E-state index in [1.807, 2.05) is 31.2 Å². The number of benzene rings is 1. The molecule has 1 unspecified atom stereocenters. The highest BCUT2D eigenvalue weighted by molar-refractivity contribution is 5.81. The van der Waals surface area contributed by atoms with E-state index in [9.17, 15) is 4.79 Å². The number of rotatable bonds is 9. The zero-order valence-electron chi connectivity index (χ0n) is 15.2. The fraction of sp³-hybridized carbons (Fsp3) is 0.421. The van der Waals surface area contributed by atoms with Crippen LogP contribution >= 0.6 is 0 Å². The monoisotopic (exact) mass is 356 g/mol. The van der Waals surface area contributed by atoms with Crippen LogP contribution in [0.4, 0.5) is 5.82 Å². The number of nitrogens with two attached hydrogens (primary N) is 3. The van der Waals surface area contributed by atoms with E-state index >= 15 is 0 Å². The number of nitrogens with one attached hydrogen (secondary N) is 1. The molecule has 0 radical (unpaired) electrons. The smallest absolute Gasteiger partial charge is 0.236 e. The van der Waals surface area contributed by atoms with Gasteiger partial charge in [0.15, 0.2) is 0 Å². The molecule has 7 heteroatoms. The van der Waals surface area contributed by atoms with Crippen LogP contribution in [-0.4, -0.2) is 35.0 Å². The van der Waals surface area contributed by atoms with Crippen molar-refractivity contribution in [3.63, 3.8) is 0 Å². The predicted octanol–water partition coefficient (Wildman–Crippen LogP) is 1.15. The van der Waals surface area contributed by atoms with Gasteiger partial charge < -0.3 is 22.5 Å². The highest BCUT2D eigenvalue weighted by Gasteiger charge is 2.12. The van der Waals surface area contributed by atoms with Crippen LogP contribution in [0.5, 0.6) is 0 Å². The van der Waals surface area contributed by atoms with Crippen molar-refractivity contribution in [2.75, 3.05) is 18.8 Å². The first-order chi connectivity index (χ1) is 12.5. The molecule has 1 amide bonds. The second-order valence-corrected chi connectivity index (χ2v) is 6.35. The van der Waals surface area contributed by atoms with Crippen molar-refractivity contribution in [3.05, 3.63) is 41.7 Å². The third-order valence-electron chi connectivity index (χ3n) is 4.25. The Bertz CT molecular complexity index is 716. The molecule has 0 aliphatic rings. The second kappa shape index (κ2) is 9.84. The van der Waals surface area contributed by atoms with Crippen LogP contribution in [-0.2, 0) is 11.2 Å². The van der Waals surface area contributed by atoms with Crippen LogP contribution < -0.4 is 22.5 Å². The number of carbonyl (C=O) groups is 1. The van der Waals surface area contributed by atoms with Gasteiger partial charge in [-0.2, -0.15) is 0 Å². The molecular formula is C19H28N6O. The number of aromatic nitrogens is 2. The molecule has 0 saturated carbocycles. The molecule has 2 rings (SSSR count). The summed E-state index contributed by atoms with van der Waals surface area (Å²) in [6.45, 7) is 3.03. The van der Waals surface area contributed by atoms with Gasteiger partial charge >= 0.3 is 0 Å². The lowest BCUT2D eigenvalue weighted by molar-refractivity contribution is -0.122. The molecule has 1 aromatic carbocycles. The molecule has 0 bridgehead atoms. The summed E-state index contributed by atoms with van der Waals surface area (Å²) in [5.41, 5.74) is 20.6. The summed E-state index contributed by atoms with van der Waals surface area (Å²) < 4.78 is 0. The Balaban J connectivity index is 1.82. The van der Waals surface area contributed by atoms with Crippen LogP contribution in [0.15, 0.2) is 30.5 Å². The quantitative estimate of drug-likeness (QED) is 0.498. The number of nitrogen functional groups attached to an aromatic ring is 1. The van der Waals surface area contributed by atoms with E-state index in [1.54, 1.807) is 6.20 Å². The molecule has 26 heavy (non-hydrogen) atoms. The number of unbranched alkanes of at least 4 members (excludes halogenated alkanes) is 1. The van der Waals surface area contributed by atoms with Crippen LogP contribution in [0.1, 0.15) is 30.5 Å². The summed E-state index contributed by atoms with van der Waals surface area (Å²) in [4.78, 5) is 20.5. The Labute approximate surface area is 154 Å². The standard InChI is InChI=1S/C19H28N6O/c1-13-18(22)24-12-17(25-13)15-7-5-14(6-8-15)9-11-23-19(26)16(21)4-2-3-10-20/h5-8,12,16H,2-4,9-11,20-21H2,1H3,(H2,22,24)(H,23,26). The predicted molar refractivity (Wildman–Crippen MR) is 104 cm³/mol. The average molecular weight is 356 g/mol. The number of amides is 1. The zero-order chi connectivity index (χ0) is 18.9. The van der Waals surface area contributed by atoms with E-state index in [-0.39, 0.29) is 5.91 Å². The minimum atomic E-state index is -0.462. The van der Waals surface area contributed by atoms with E-state index < -0.39 is 6.04 Å². The molecule has 0 saturated heterocycles. The first-order valence-corrected chi connectivity index (χ1v) is 8.93. The number of nitrogens with zero attached hydrogens (tertiary/aromatic N) is 2. The Morgan fingerprint density at radius 1 is 1.23 bits per heavy atom. The third-order valence-corrected chi connectivity index (χ3v) is 4.25. The zero-order valence-corrected chi connectivity index (χ0v) is 15.2. The number of carbonyl (C=O) groups excluding carboxylic acids is 1. The summed E-state index contributed by atoms with van der Waals surface area (Å²) >= 11 is 0. The molecule has 1 aromatic heterocycles. The van der Waals surface area contributed by atoms with Gasteiger partial charge in [-0.15, -0.1) is 0 Å². The topological polar surface area (TPSA) is 133 Å². The van der Waals surface area contributed by atoms with Crippen LogP contribution in [0.2, 0.25) is 0 Å². The normalized spacial score (nSPS) is 12.0. The number of aryl methyl sites for hydroxylation is 1. The van der Waals surface area contributed by atoms with Gasteiger partial charge in [-0.1, -0.05) is 30.7 Å². The highest BCUT2D eigenvalue weighted by Crippen LogP contribution is 2.18. The van der Waals surface area contributed by atoms with Crippen LogP contribution in [0, 0.1) is 6.92 Å². The minimum Gasteiger partial charge on any atom is -0.382 e. The lowest BCUT2D eigenvalue weighted by Crippen LogP contribution is -2.41.